The molecular weight excluding hydrogens is 565 g/mol. The first-order valence-electron chi connectivity index (χ1n) is 15.5. The summed E-state index contributed by atoms with van der Waals surface area (Å²) in [6.07, 6.45) is 1.00. The number of ether oxygens (including phenoxy) is 3. The second-order valence-electron chi connectivity index (χ2n) is 15.4. The molecule has 43 heavy (non-hydrogen) atoms. The van der Waals surface area contributed by atoms with E-state index in [0.29, 0.717) is 12.3 Å². The molecule has 0 unspecified atom stereocenters. The summed E-state index contributed by atoms with van der Waals surface area (Å²) in [6, 6.07) is 0. The highest BCUT2D eigenvalue weighted by atomic mass is 19.1. The van der Waals surface area contributed by atoms with Crippen molar-refractivity contribution >= 4 is 17.9 Å². The zero-order valence-corrected chi connectivity index (χ0v) is 25.8. The Hall–Kier alpha value is -2.36. The quantitative estimate of drug-likeness (QED) is 0.365. The Morgan fingerprint density at radius 1 is 1.09 bits per heavy atom. The van der Waals surface area contributed by atoms with Crippen molar-refractivity contribution in [2.24, 2.45) is 45.3 Å². The van der Waals surface area contributed by atoms with Gasteiger partial charge in [-0.3, -0.25) is 4.79 Å². The molecule has 0 radical (unpaired) electrons. The fourth-order valence-electron chi connectivity index (χ4n) is 10.9. The molecule has 0 heterocycles. The average Bonchev–Trinajstić information content (AvgIpc) is 3.36. The molecule has 0 aliphatic heterocycles. The van der Waals surface area contributed by atoms with E-state index in [2.05, 4.69) is 20.8 Å². The van der Waals surface area contributed by atoms with Crippen LogP contribution in [-0.2, 0) is 23.8 Å². The van der Waals surface area contributed by atoms with Crippen molar-refractivity contribution in [3.8, 4) is 0 Å². The van der Waals surface area contributed by atoms with E-state index < -0.39 is 76.9 Å². The molecule has 0 spiro atoms. The van der Waals surface area contributed by atoms with E-state index >= 15 is 8.78 Å². The Morgan fingerprint density at radius 3 is 2.40 bits per heavy atom. The molecule has 6 rings (SSSR count). The molecule has 6 aliphatic carbocycles. The van der Waals surface area contributed by atoms with Gasteiger partial charge in [0, 0.05) is 40.9 Å². The highest BCUT2D eigenvalue weighted by Crippen LogP contribution is 2.72. The maximum atomic E-state index is 17.6. The van der Waals surface area contributed by atoms with Crippen molar-refractivity contribution in [3.05, 3.63) is 23.6 Å². The molecular formula is C33H43F3O7. The molecule has 0 saturated heterocycles. The molecule has 238 valence electrons. The maximum Gasteiger partial charge on any atom is 0.509 e. The third kappa shape index (κ3) is 3.56. The van der Waals surface area contributed by atoms with Crippen molar-refractivity contribution in [1.29, 1.82) is 0 Å². The van der Waals surface area contributed by atoms with Gasteiger partial charge in [0.25, 0.3) is 0 Å². The number of carbonyl (C=O) groups is 3. The van der Waals surface area contributed by atoms with Gasteiger partial charge in [-0.05, 0) is 67.9 Å². The zero-order chi connectivity index (χ0) is 31.5. The SMILES string of the molecule is C[C@@H]1C[C@H]2[C@@H]3CC(F)=C4CC(=O)C=C[C@]4(C)[C@@]3(F)[C@@H](O)C[C@]2(C)[C@@]1(OC(=O)O[C@@H]1C[C@@H]2CC[C@@]1(C)C2(C)C)C(=O)OCF. The van der Waals surface area contributed by atoms with Gasteiger partial charge in [-0.25, -0.2) is 22.8 Å². The van der Waals surface area contributed by atoms with E-state index in [1.165, 1.54) is 19.1 Å². The number of allylic oxidation sites excluding steroid dienone is 4. The van der Waals surface area contributed by atoms with Gasteiger partial charge in [-0.1, -0.05) is 40.7 Å². The Bertz CT molecular complexity index is 1330. The molecule has 10 heteroatoms. The summed E-state index contributed by atoms with van der Waals surface area (Å²) >= 11 is 0. The Morgan fingerprint density at radius 2 is 1.79 bits per heavy atom. The number of rotatable bonds is 4. The summed E-state index contributed by atoms with van der Waals surface area (Å²) in [5, 5.41) is 11.7. The van der Waals surface area contributed by atoms with Gasteiger partial charge in [0.2, 0.25) is 12.5 Å². The number of alkyl halides is 2. The molecule has 6 aliphatic rings. The largest absolute Gasteiger partial charge is 0.509 e. The van der Waals surface area contributed by atoms with Gasteiger partial charge in [-0.15, -0.1) is 0 Å². The van der Waals surface area contributed by atoms with Crippen LogP contribution in [0.2, 0.25) is 0 Å². The van der Waals surface area contributed by atoms with Crippen molar-refractivity contribution in [1.82, 2.24) is 0 Å². The van der Waals surface area contributed by atoms with E-state index in [1.54, 1.807) is 13.8 Å². The Labute approximate surface area is 250 Å². The van der Waals surface area contributed by atoms with Crippen LogP contribution < -0.4 is 0 Å². The topological polar surface area (TPSA) is 99.1 Å². The monoisotopic (exact) mass is 608 g/mol. The van der Waals surface area contributed by atoms with Gasteiger partial charge < -0.3 is 19.3 Å². The lowest BCUT2D eigenvalue weighted by Gasteiger charge is -2.62. The minimum atomic E-state index is -2.37. The molecule has 1 N–H and O–H groups in total. The van der Waals surface area contributed by atoms with E-state index in [4.69, 9.17) is 14.2 Å². The predicted molar refractivity (Wildman–Crippen MR) is 148 cm³/mol. The minimum Gasteiger partial charge on any atom is -0.431 e. The van der Waals surface area contributed by atoms with Crippen LogP contribution in [0.25, 0.3) is 0 Å². The van der Waals surface area contributed by atoms with Crippen molar-refractivity contribution in [2.75, 3.05) is 6.86 Å². The summed E-state index contributed by atoms with van der Waals surface area (Å²) in [6.45, 7) is 9.70. The average molecular weight is 609 g/mol. The van der Waals surface area contributed by atoms with Crippen LogP contribution in [0.5, 0.6) is 0 Å². The van der Waals surface area contributed by atoms with E-state index in [-0.39, 0.29) is 47.9 Å². The van der Waals surface area contributed by atoms with Crippen LogP contribution >= 0.6 is 0 Å². The van der Waals surface area contributed by atoms with Gasteiger partial charge >= 0.3 is 12.1 Å². The van der Waals surface area contributed by atoms with Gasteiger partial charge in [-0.2, -0.15) is 0 Å². The summed E-state index contributed by atoms with van der Waals surface area (Å²) < 4.78 is 63.7. The molecule has 0 aromatic heterocycles. The van der Waals surface area contributed by atoms with E-state index in [0.717, 1.165) is 12.8 Å². The summed E-state index contributed by atoms with van der Waals surface area (Å²) in [5.41, 5.74) is -7.86. The van der Waals surface area contributed by atoms with Crippen LogP contribution in [0, 0.1) is 45.3 Å². The molecule has 11 atom stereocenters. The second kappa shape index (κ2) is 9.33. The Kier molecular flexibility index (Phi) is 6.65. The molecule has 0 amide bonds. The predicted octanol–water partition coefficient (Wildman–Crippen LogP) is 6.48. The van der Waals surface area contributed by atoms with Crippen LogP contribution in [0.15, 0.2) is 23.6 Å². The lowest BCUT2D eigenvalue weighted by molar-refractivity contribution is -0.231. The van der Waals surface area contributed by atoms with Crippen molar-refractivity contribution in [3.63, 3.8) is 0 Å². The van der Waals surface area contributed by atoms with Crippen LogP contribution in [0.3, 0.4) is 0 Å². The number of carbonyl (C=O) groups excluding carboxylic acids is 3. The van der Waals surface area contributed by atoms with Gasteiger partial charge in [0.05, 0.1) is 6.10 Å². The van der Waals surface area contributed by atoms with Gasteiger partial charge in [0.1, 0.15) is 11.9 Å². The summed E-state index contributed by atoms with van der Waals surface area (Å²) in [5.74, 6) is -4.40. The standard InChI is InChI=1S/C33H43F3O7/c1-17-11-20-21-14-23(35)22-13-19(37)8-10-29(22,4)32(21,36)24(38)15-31(20,6)33(17,26(39)41-16-34)43-27(40)42-25-12-18-7-9-30(25,5)28(18,2)3/h8,10,17-18,20-21,24-25,38H,7,9,11-16H2,1-6H3/t17-,18+,20+,21+,24+,25-,29+,30-,31+,32+,33+/m1/s1. The number of aliphatic hydroxyl groups excluding tert-OH is 1. The highest BCUT2D eigenvalue weighted by Gasteiger charge is 2.78. The first-order chi connectivity index (χ1) is 19.9. The van der Waals surface area contributed by atoms with Crippen LogP contribution in [0.4, 0.5) is 18.0 Å². The first kappa shape index (κ1) is 30.7. The maximum absolute atomic E-state index is 17.6. The molecule has 0 aromatic rings. The number of hydrogen-bond donors (Lipinski definition) is 1. The fourth-order valence-corrected chi connectivity index (χ4v) is 10.9. The molecule has 2 bridgehead atoms. The zero-order valence-electron chi connectivity index (χ0n) is 25.8. The second-order valence-corrected chi connectivity index (χ2v) is 15.4. The third-order valence-electron chi connectivity index (χ3n) is 13.9. The van der Waals surface area contributed by atoms with Crippen LogP contribution in [0.1, 0.15) is 86.5 Å². The van der Waals surface area contributed by atoms with E-state index in [9.17, 15) is 23.9 Å². The number of esters is 1. The summed E-state index contributed by atoms with van der Waals surface area (Å²) in [7, 11) is 0. The molecule has 7 nitrogen and oxygen atoms in total. The fraction of sp³-hybridized carbons (Fsp3) is 0.788. The molecule has 0 aromatic carbocycles. The van der Waals surface area contributed by atoms with Crippen molar-refractivity contribution in [2.45, 2.75) is 110 Å². The van der Waals surface area contributed by atoms with Crippen LogP contribution in [-0.4, -0.2) is 53.4 Å². The summed E-state index contributed by atoms with van der Waals surface area (Å²) in [4.78, 5) is 39.5. The van der Waals surface area contributed by atoms with Crippen molar-refractivity contribution < 1.29 is 46.9 Å². The first-order valence-corrected chi connectivity index (χ1v) is 15.5. The van der Waals surface area contributed by atoms with E-state index in [1.807, 2.05) is 0 Å². The number of halogens is 3. The molecule has 4 saturated carbocycles. The minimum absolute atomic E-state index is 0.0256. The lowest BCUT2D eigenvalue weighted by Crippen LogP contribution is -2.70. The highest BCUT2D eigenvalue weighted by molar-refractivity contribution is 5.93. The smallest absolute Gasteiger partial charge is 0.431 e. The third-order valence-corrected chi connectivity index (χ3v) is 13.9. The number of ketones is 1. The number of aliphatic hydroxyl groups is 1. The number of fused-ring (bicyclic) bond motifs is 7. The van der Waals surface area contributed by atoms with Gasteiger partial charge in [0.15, 0.2) is 11.5 Å². The molecule has 4 fully saturated rings. The lowest BCUT2D eigenvalue weighted by atomic mass is 9.45. The Balaban J connectivity index is 1.38. The number of hydrogen-bond acceptors (Lipinski definition) is 7. The normalized spacial score (nSPS) is 49.3.